The van der Waals surface area contributed by atoms with Crippen molar-refractivity contribution in [3.05, 3.63) is 108 Å². The molecule has 0 radical (unpaired) electrons. The number of pyridine rings is 3. The predicted octanol–water partition coefficient (Wildman–Crippen LogP) is 6.73. The molecule has 4 aromatic heterocycles. The molecule has 0 bridgehead atoms. The largest absolute Gasteiger partial charge is 0.290 e. The van der Waals surface area contributed by atoms with Crippen molar-refractivity contribution < 1.29 is 0 Å². The zero-order valence-corrected chi connectivity index (χ0v) is 18.8. The van der Waals surface area contributed by atoms with Gasteiger partial charge in [0, 0.05) is 29.6 Å². The molecule has 0 saturated carbocycles. The van der Waals surface area contributed by atoms with Crippen molar-refractivity contribution in [3.63, 3.8) is 0 Å². The first-order valence-corrected chi connectivity index (χ1v) is 12.0. The van der Waals surface area contributed by atoms with E-state index in [0.29, 0.717) is 0 Å². The number of hydrogen-bond acceptors (Lipinski definition) is 3. The van der Waals surface area contributed by atoms with Crippen LogP contribution in [-0.2, 0) is 12.8 Å². The van der Waals surface area contributed by atoms with Crippen molar-refractivity contribution in [2.24, 2.45) is 0 Å². The summed E-state index contributed by atoms with van der Waals surface area (Å²) >= 11 is 0. The Hall–Kier alpha value is -4.57. The summed E-state index contributed by atoms with van der Waals surface area (Å²) in [7, 11) is 0. The van der Waals surface area contributed by atoms with Crippen molar-refractivity contribution in [2.75, 3.05) is 0 Å². The van der Waals surface area contributed by atoms with E-state index in [1.54, 1.807) is 0 Å². The summed E-state index contributed by atoms with van der Waals surface area (Å²) in [5.41, 5.74) is 16.2. The SMILES string of the molecule is c1ccc2c(c1)Cc1cc3c(cc1-2)-c1ccc2c(nc4c5cccnc5c5ccncc5n24)c1C3. The van der Waals surface area contributed by atoms with Crippen molar-refractivity contribution in [2.45, 2.75) is 12.8 Å². The van der Waals surface area contributed by atoms with Gasteiger partial charge in [-0.15, -0.1) is 0 Å². The maximum atomic E-state index is 5.26. The quantitative estimate of drug-likeness (QED) is 0.243. The Morgan fingerprint density at radius 2 is 1.54 bits per heavy atom. The van der Waals surface area contributed by atoms with Crippen LogP contribution in [0.5, 0.6) is 0 Å². The summed E-state index contributed by atoms with van der Waals surface area (Å²) < 4.78 is 2.27. The second-order valence-corrected chi connectivity index (χ2v) is 9.70. The standard InChI is InChI=1S/C31H18N4/c1-2-5-20-17(4-1)12-18-13-19-14-26-21(25(19)15-24(18)20)7-8-27-30(26)34-31-23-6-3-10-33-29(23)22-9-11-32-16-28(22)35(27)31/h1-11,13,15-16H,12,14H2. The molecule has 2 aliphatic carbocycles. The first-order valence-electron chi connectivity index (χ1n) is 12.0. The Labute approximate surface area is 200 Å². The van der Waals surface area contributed by atoms with Gasteiger partial charge in [0.1, 0.15) is 5.65 Å². The number of rotatable bonds is 0. The second kappa shape index (κ2) is 6.10. The van der Waals surface area contributed by atoms with Crippen LogP contribution < -0.4 is 0 Å². The number of aromatic nitrogens is 4. The summed E-state index contributed by atoms with van der Waals surface area (Å²) in [6, 6.07) is 24.4. The van der Waals surface area contributed by atoms with E-state index in [-0.39, 0.29) is 0 Å². The van der Waals surface area contributed by atoms with Gasteiger partial charge >= 0.3 is 0 Å². The Morgan fingerprint density at radius 1 is 0.629 bits per heavy atom. The summed E-state index contributed by atoms with van der Waals surface area (Å²) in [5, 5.41) is 2.17. The zero-order valence-electron chi connectivity index (χ0n) is 18.8. The lowest BCUT2D eigenvalue weighted by atomic mass is 9.98. The Balaban J connectivity index is 1.36. The van der Waals surface area contributed by atoms with E-state index in [9.17, 15) is 0 Å². The summed E-state index contributed by atoms with van der Waals surface area (Å²) in [6.07, 6.45) is 7.57. The van der Waals surface area contributed by atoms with Gasteiger partial charge in [0.15, 0.2) is 0 Å². The number of imidazole rings is 1. The fraction of sp³-hybridized carbons (Fsp3) is 0.0645. The third-order valence-electron chi connectivity index (χ3n) is 7.95. The molecule has 35 heavy (non-hydrogen) atoms. The zero-order chi connectivity index (χ0) is 22.7. The van der Waals surface area contributed by atoms with Gasteiger partial charge in [-0.3, -0.25) is 14.4 Å². The molecule has 4 nitrogen and oxygen atoms in total. The van der Waals surface area contributed by atoms with Crippen LogP contribution in [0.4, 0.5) is 0 Å². The first-order chi connectivity index (χ1) is 17.3. The molecule has 0 fully saturated rings. The maximum absolute atomic E-state index is 5.26. The molecule has 162 valence electrons. The van der Waals surface area contributed by atoms with E-state index in [4.69, 9.17) is 9.97 Å². The summed E-state index contributed by atoms with van der Waals surface area (Å²) in [6.45, 7) is 0. The minimum Gasteiger partial charge on any atom is -0.290 e. The van der Waals surface area contributed by atoms with Gasteiger partial charge in [-0.25, -0.2) is 4.98 Å². The van der Waals surface area contributed by atoms with Gasteiger partial charge in [-0.1, -0.05) is 36.4 Å². The number of nitrogens with zero attached hydrogens (tertiary/aromatic N) is 4. The summed E-state index contributed by atoms with van der Waals surface area (Å²) in [5.74, 6) is 0. The van der Waals surface area contributed by atoms with Crippen LogP contribution in [0, 0.1) is 0 Å². The maximum Gasteiger partial charge on any atom is 0.148 e. The smallest absolute Gasteiger partial charge is 0.148 e. The highest BCUT2D eigenvalue weighted by Crippen LogP contribution is 2.46. The van der Waals surface area contributed by atoms with E-state index >= 15 is 0 Å². The average Bonchev–Trinajstić information content (AvgIpc) is 3.58. The van der Waals surface area contributed by atoms with E-state index < -0.39 is 0 Å². The topological polar surface area (TPSA) is 43.1 Å². The highest BCUT2D eigenvalue weighted by atomic mass is 15.0. The van der Waals surface area contributed by atoms with E-state index in [1.807, 2.05) is 24.7 Å². The third kappa shape index (κ3) is 2.15. The van der Waals surface area contributed by atoms with Crippen LogP contribution in [0.25, 0.3) is 60.7 Å². The minimum absolute atomic E-state index is 0.919. The highest BCUT2D eigenvalue weighted by molar-refractivity contribution is 6.12. The lowest BCUT2D eigenvalue weighted by molar-refractivity contribution is 1.22. The van der Waals surface area contributed by atoms with Crippen LogP contribution >= 0.6 is 0 Å². The normalized spacial score (nSPS) is 13.5. The fourth-order valence-electron chi connectivity index (χ4n) is 6.44. The van der Waals surface area contributed by atoms with Gasteiger partial charge < -0.3 is 0 Å². The van der Waals surface area contributed by atoms with Crippen molar-refractivity contribution in [1.82, 2.24) is 19.4 Å². The van der Waals surface area contributed by atoms with Crippen molar-refractivity contribution in [3.8, 4) is 22.3 Å². The van der Waals surface area contributed by atoms with Crippen LogP contribution in [0.1, 0.15) is 22.3 Å². The molecule has 0 aliphatic heterocycles. The third-order valence-corrected chi connectivity index (χ3v) is 7.95. The molecular weight excluding hydrogens is 428 g/mol. The molecule has 4 heterocycles. The number of hydrogen-bond donors (Lipinski definition) is 0. The molecule has 0 amide bonds. The van der Waals surface area contributed by atoms with Gasteiger partial charge in [0.2, 0.25) is 0 Å². The van der Waals surface area contributed by atoms with Crippen LogP contribution in [0.15, 0.2) is 85.3 Å². The molecular formula is C31H18N4. The number of benzene rings is 3. The molecule has 0 unspecified atom stereocenters. The fourth-order valence-corrected chi connectivity index (χ4v) is 6.44. The molecule has 0 N–H and O–H groups in total. The molecule has 9 rings (SSSR count). The molecule has 4 heteroatoms. The average molecular weight is 447 g/mol. The van der Waals surface area contributed by atoms with Gasteiger partial charge in [-0.05, 0) is 81.3 Å². The molecule has 3 aromatic carbocycles. The lowest BCUT2D eigenvalue weighted by Crippen LogP contribution is -1.93. The molecule has 0 spiro atoms. The first kappa shape index (κ1) is 17.8. The number of fused-ring (bicyclic) bond motifs is 15. The highest BCUT2D eigenvalue weighted by Gasteiger charge is 2.28. The summed E-state index contributed by atoms with van der Waals surface area (Å²) in [4.78, 5) is 14.4. The second-order valence-electron chi connectivity index (χ2n) is 9.70. The van der Waals surface area contributed by atoms with E-state index in [2.05, 4.69) is 70.0 Å². The van der Waals surface area contributed by atoms with Gasteiger partial charge in [0.25, 0.3) is 0 Å². The molecule has 0 saturated heterocycles. The van der Waals surface area contributed by atoms with Crippen LogP contribution in [0.3, 0.4) is 0 Å². The van der Waals surface area contributed by atoms with Gasteiger partial charge in [0.05, 0.1) is 28.3 Å². The lowest BCUT2D eigenvalue weighted by Gasteiger charge is -2.08. The van der Waals surface area contributed by atoms with E-state index in [1.165, 1.54) is 44.5 Å². The Morgan fingerprint density at radius 3 is 2.54 bits per heavy atom. The Bertz CT molecular complexity index is 2070. The van der Waals surface area contributed by atoms with E-state index in [0.717, 1.165) is 51.3 Å². The Kier molecular flexibility index (Phi) is 3.11. The van der Waals surface area contributed by atoms with Crippen molar-refractivity contribution >= 4 is 38.5 Å². The molecule has 2 aliphatic rings. The van der Waals surface area contributed by atoms with Crippen LogP contribution in [0.2, 0.25) is 0 Å². The van der Waals surface area contributed by atoms with Gasteiger partial charge in [-0.2, -0.15) is 0 Å². The predicted molar refractivity (Wildman–Crippen MR) is 140 cm³/mol. The van der Waals surface area contributed by atoms with Crippen LogP contribution in [-0.4, -0.2) is 19.4 Å². The molecule has 7 aromatic rings. The minimum atomic E-state index is 0.919. The molecule has 0 atom stereocenters. The monoisotopic (exact) mass is 446 g/mol. The van der Waals surface area contributed by atoms with Crippen molar-refractivity contribution in [1.29, 1.82) is 0 Å².